The third kappa shape index (κ3) is 8.54. The van der Waals surface area contributed by atoms with Crippen LogP contribution in [0, 0.1) is 5.92 Å². The third-order valence-electron chi connectivity index (χ3n) is 10.2. The van der Waals surface area contributed by atoms with E-state index in [1.807, 2.05) is 91.0 Å². The summed E-state index contributed by atoms with van der Waals surface area (Å²) in [6.07, 6.45) is 4.19. The van der Waals surface area contributed by atoms with Crippen molar-refractivity contribution in [2.45, 2.75) is 63.8 Å². The number of ether oxygens (including phenoxy) is 3. The van der Waals surface area contributed by atoms with Crippen LogP contribution < -0.4 is 15.4 Å². The lowest BCUT2D eigenvalue weighted by Crippen LogP contribution is -2.48. The van der Waals surface area contributed by atoms with Gasteiger partial charge in [-0.2, -0.15) is 0 Å². The molecule has 0 aliphatic carbocycles. The van der Waals surface area contributed by atoms with Crippen molar-refractivity contribution in [2.75, 3.05) is 43.4 Å². The van der Waals surface area contributed by atoms with E-state index in [0.717, 1.165) is 42.1 Å². The van der Waals surface area contributed by atoms with Crippen molar-refractivity contribution in [3.8, 4) is 11.5 Å². The molecule has 3 aliphatic rings. The molecule has 7 rings (SSSR count). The molecule has 0 saturated carbocycles. The Morgan fingerprint density at radius 2 is 1.52 bits per heavy atom. The minimum Gasteiger partial charge on any atom is -0.457 e. The smallest absolute Gasteiger partial charge is 0.323 e. The van der Waals surface area contributed by atoms with Crippen LogP contribution in [-0.4, -0.2) is 65.8 Å². The first kappa shape index (κ1) is 34.2. The second kappa shape index (κ2) is 16.2. The number of nitrogens with zero attached hydrogens (tertiary/aromatic N) is 2. The number of urea groups is 1. The zero-order valence-electron chi connectivity index (χ0n) is 28.7. The number of likely N-dealkylation sites (tertiary alicyclic amines) is 2. The van der Waals surface area contributed by atoms with Crippen molar-refractivity contribution >= 4 is 17.4 Å². The Hall–Kier alpha value is -4.25. The first-order chi connectivity index (χ1) is 24.5. The fraction of sp³-hybridized carbons (Fsp3) is 0.390. The van der Waals surface area contributed by atoms with Gasteiger partial charge in [-0.15, -0.1) is 0 Å². The first-order valence-corrected chi connectivity index (χ1v) is 18.0. The van der Waals surface area contributed by atoms with Crippen molar-refractivity contribution in [1.82, 2.24) is 9.80 Å². The summed E-state index contributed by atoms with van der Waals surface area (Å²) in [6, 6.07) is 32.8. The maximum atomic E-state index is 13.0. The summed E-state index contributed by atoms with van der Waals surface area (Å²) in [5.41, 5.74) is 4.07. The van der Waals surface area contributed by atoms with Crippen molar-refractivity contribution in [2.24, 2.45) is 5.92 Å². The van der Waals surface area contributed by atoms with Gasteiger partial charge in [-0.05, 0) is 105 Å². The molecule has 3 fully saturated rings. The maximum Gasteiger partial charge on any atom is 0.323 e. The van der Waals surface area contributed by atoms with Crippen molar-refractivity contribution in [3.63, 3.8) is 0 Å². The Bertz CT molecular complexity index is 1680. The molecule has 0 bridgehead atoms. The predicted molar refractivity (Wildman–Crippen MR) is 195 cm³/mol. The van der Waals surface area contributed by atoms with Gasteiger partial charge < -0.3 is 34.9 Å². The molecule has 3 aliphatic heterocycles. The molecule has 5 atom stereocenters. The van der Waals surface area contributed by atoms with Gasteiger partial charge in [0, 0.05) is 42.0 Å². The lowest BCUT2D eigenvalue weighted by atomic mass is 9.90. The Morgan fingerprint density at radius 3 is 2.28 bits per heavy atom. The third-order valence-corrected chi connectivity index (χ3v) is 10.2. The van der Waals surface area contributed by atoms with Crippen LogP contribution in [0.2, 0.25) is 0 Å². The van der Waals surface area contributed by atoms with Crippen LogP contribution >= 0.6 is 0 Å². The zero-order valence-corrected chi connectivity index (χ0v) is 28.7. The number of hydrogen-bond acceptors (Lipinski definition) is 7. The van der Waals surface area contributed by atoms with Gasteiger partial charge in [0.2, 0.25) is 0 Å². The maximum absolute atomic E-state index is 13.0. The molecule has 0 radical (unpaired) electrons. The highest BCUT2D eigenvalue weighted by atomic mass is 16.7. The van der Waals surface area contributed by atoms with E-state index in [1.54, 1.807) is 0 Å². The number of hydrogen-bond donors (Lipinski definition) is 3. The number of carbonyl (C=O) groups excluding carboxylic acids is 1. The fourth-order valence-electron chi connectivity index (χ4n) is 7.45. The molecule has 3 heterocycles. The van der Waals surface area contributed by atoms with Gasteiger partial charge in [0.25, 0.3) is 0 Å². The number of para-hydroxylation sites is 1. The molecule has 50 heavy (non-hydrogen) atoms. The van der Waals surface area contributed by atoms with E-state index >= 15 is 0 Å². The van der Waals surface area contributed by atoms with Crippen molar-refractivity contribution < 1.29 is 24.1 Å². The minimum atomic E-state index is -0.611. The van der Waals surface area contributed by atoms with E-state index < -0.39 is 6.29 Å². The van der Waals surface area contributed by atoms with E-state index in [4.69, 9.17) is 14.2 Å². The van der Waals surface area contributed by atoms with Crippen LogP contribution in [0.25, 0.3) is 0 Å². The Kier molecular flexibility index (Phi) is 11.1. The quantitative estimate of drug-likeness (QED) is 0.148. The van der Waals surface area contributed by atoms with Gasteiger partial charge in [-0.1, -0.05) is 61.5 Å². The molecular weight excluding hydrogens is 628 g/mol. The second-order valence-corrected chi connectivity index (χ2v) is 13.8. The van der Waals surface area contributed by atoms with Gasteiger partial charge >= 0.3 is 6.03 Å². The molecule has 4 aromatic rings. The van der Waals surface area contributed by atoms with Crippen LogP contribution in [0.1, 0.15) is 61.7 Å². The van der Waals surface area contributed by atoms with E-state index in [1.165, 1.54) is 38.8 Å². The largest absolute Gasteiger partial charge is 0.457 e. The van der Waals surface area contributed by atoms with Gasteiger partial charge in [0.15, 0.2) is 6.29 Å². The molecule has 9 nitrogen and oxygen atoms in total. The van der Waals surface area contributed by atoms with E-state index in [2.05, 4.69) is 39.5 Å². The fourth-order valence-corrected chi connectivity index (χ4v) is 7.45. The second-order valence-electron chi connectivity index (χ2n) is 13.8. The van der Waals surface area contributed by atoms with Crippen LogP contribution in [0.3, 0.4) is 0 Å². The summed E-state index contributed by atoms with van der Waals surface area (Å²) in [7, 11) is 0. The Morgan fingerprint density at radius 1 is 0.780 bits per heavy atom. The SMILES string of the molecule is C[C@H]1[C@@H](CN2CCC[C@H]2CN2CCCC2)O[C@@H](c2cccc(NC(=O)Nc3ccc(Oc4ccccc4)cc3)c2)O[C@H]1c1ccc(CO)cc1. The summed E-state index contributed by atoms with van der Waals surface area (Å²) in [5.74, 6) is 1.54. The van der Waals surface area contributed by atoms with Crippen LogP contribution in [0.5, 0.6) is 11.5 Å². The first-order valence-electron chi connectivity index (χ1n) is 18.0. The zero-order chi connectivity index (χ0) is 34.3. The monoisotopic (exact) mass is 676 g/mol. The normalized spacial score (nSPS) is 24.2. The van der Waals surface area contributed by atoms with Gasteiger partial charge in [-0.3, -0.25) is 4.90 Å². The molecule has 0 spiro atoms. The van der Waals surface area contributed by atoms with Crippen molar-refractivity contribution in [3.05, 3.63) is 120 Å². The molecule has 9 heteroatoms. The highest BCUT2D eigenvalue weighted by Gasteiger charge is 2.41. The molecule has 3 N–H and O–H groups in total. The molecule has 0 aromatic heterocycles. The topological polar surface area (TPSA) is 95.5 Å². The molecule has 2 amide bonds. The molecular formula is C41H48N4O5. The van der Waals surface area contributed by atoms with Crippen LogP contribution in [0.4, 0.5) is 16.2 Å². The number of benzene rings is 4. The Labute approximate surface area is 295 Å². The highest BCUT2D eigenvalue weighted by molar-refractivity contribution is 5.99. The standard InChI is InChI=1S/C41H48N4O5/c1-29-38(27-45-24-8-11-35(45)26-44-22-5-6-23-44)49-40(50-39(29)31-16-14-30(28-46)15-17-31)32-9-7-10-34(25-32)43-41(47)42-33-18-20-37(21-19-33)48-36-12-3-2-4-13-36/h2-4,7,9-10,12-21,25,29,35,38-40,46H,5-6,8,11,22-24,26-28H2,1H3,(H2,42,43,47)/t29-,35-,38+,39+,40+/m0/s1. The number of carbonyl (C=O) groups is 1. The molecule has 0 unspecified atom stereocenters. The lowest BCUT2D eigenvalue weighted by molar-refractivity contribution is -0.276. The van der Waals surface area contributed by atoms with Crippen LogP contribution in [0.15, 0.2) is 103 Å². The number of amides is 2. The number of rotatable bonds is 11. The average Bonchev–Trinajstić information content (AvgIpc) is 3.83. The van der Waals surface area contributed by atoms with Gasteiger partial charge in [0.1, 0.15) is 11.5 Å². The number of anilines is 2. The lowest BCUT2D eigenvalue weighted by Gasteiger charge is -2.43. The van der Waals surface area contributed by atoms with Crippen molar-refractivity contribution in [1.29, 1.82) is 0 Å². The van der Waals surface area contributed by atoms with Crippen LogP contribution in [-0.2, 0) is 16.1 Å². The molecule has 262 valence electrons. The minimum absolute atomic E-state index is 0.00440. The summed E-state index contributed by atoms with van der Waals surface area (Å²) in [6.45, 7) is 7.71. The Balaban J connectivity index is 1.04. The molecule has 4 aromatic carbocycles. The summed E-state index contributed by atoms with van der Waals surface area (Å²) < 4.78 is 19.4. The van der Waals surface area contributed by atoms with E-state index in [9.17, 15) is 9.90 Å². The number of aliphatic hydroxyl groups excluding tert-OH is 1. The van der Waals surface area contributed by atoms with Gasteiger partial charge in [0.05, 0.1) is 18.8 Å². The molecule has 3 saturated heterocycles. The highest BCUT2D eigenvalue weighted by Crippen LogP contribution is 2.42. The van der Waals surface area contributed by atoms with E-state index in [-0.39, 0.29) is 30.8 Å². The number of nitrogens with one attached hydrogen (secondary N) is 2. The average molecular weight is 677 g/mol. The summed E-state index contributed by atoms with van der Waals surface area (Å²) in [4.78, 5) is 18.3. The van der Waals surface area contributed by atoms with E-state index in [0.29, 0.717) is 23.2 Å². The number of aliphatic hydroxyl groups is 1. The predicted octanol–water partition coefficient (Wildman–Crippen LogP) is 7.97. The summed E-state index contributed by atoms with van der Waals surface area (Å²) >= 11 is 0. The van der Waals surface area contributed by atoms with Gasteiger partial charge in [-0.25, -0.2) is 4.79 Å². The summed E-state index contributed by atoms with van der Waals surface area (Å²) in [5, 5.41) is 15.5.